The van der Waals surface area contributed by atoms with E-state index in [1.54, 1.807) is 6.07 Å². The van der Waals surface area contributed by atoms with Crippen LogP contribution in [0.3, 0.4) is 0 Å². The number of benzene rings is 1. The Hall–Kier alpha value is -2.88. The Balaban J connectivity index is 1.37. The first-order valence-corrected chi connectivity index (χ1v) is 10.3. The highest BCUT2D eigenvalue weighted by Gasteiger charge is 2.32. The average Bonchev–Trinajstić information content (AvgIpc) is 3.25. The fourth-order valence-corrected chi connectivity index (χ4v) is 4.83. The Morgan fingerprint density at radius 1 is 1.27 bits per heavy atom. The zero-order valence-corrected chi connectivity index (χ0v) is 16.6. The number of ether oxygens (including phenoxy) is 1. The third-order valence-corrected chi connectivity index (χ3v) is 6.07. The molecule has 0 saturated heterocycles. The van der Waals surface area contributed by atoms with E-state index in [0.717, 1.165) is 24.8 Å². The first-order valence-electron chi connectivity index (χ1n) is 9.44. The first-order chi connectivity index (χ1) is 14.3. The van der Waals surface area contributed by atoms with Crippen LogP contribution in [0.5, 0.6) is 5.75 Å². The van der Waals surface area contributed by atoms with Crippen LogP contribution in [0.25, 0.3) is 10.2 Å². The summed E-state index contributed by atoms with van der Waals surface area (Å²) in [5.74, 6) is -0.302. The van der Waals surface area contributed by atoms with Gasteiger partial charge >= 0.3 is 6.36 Å². The molecule has 30 heavy (non-hydrogen) atoms. The summed E-state index contributed by atoms with van der Waals surface area (Å²) in [5, 5.41) is 3.23. The van der Waals surface area contributed by atoms with Gasteiger partial charge < -0.3 is 15.0 Å². The number of fused-ring (bicyclic) bond motifs is 3. The molecule has 0 bridgehead atoms. The number of nitrogens with one attached hydrogen (secondary N) is 2. The number of thiophene rings is 1. The van der Waals surface area contributed by atoms with E-state index in [2.05, 4.69) is 20.0 Å². The van der Waals surface area contributed by atoms with Gasteiger partial charge in [-0.1, -0.05) is 18.2 Å². The second kappa shape index (κ2) is 8.10. The maximum Gasteiger partial charge on any atom is 0.573 e. The van der Waals surface area contributed by atoms with Gasteiger partial charge in [0.15, 0.2) is 0 Å². The number of aryl methyl sites for hydroxylation is 3. The van der Waals surface area contributed by atoms with Gasteiger partial charge in [0.2, 0.25) is 5.91 Å². The van der Waals surface area contributed by atoms with E-state index in [0.29, 0.717) is 16.0 Å². The van der Waals surface area contributed by atoms with Crippen molar-refractivity contribution in [3.63, 3.8) is 0 Å². The van der Waals surface area contributed by atoms with Gasteiger partial charge in [0, 0.05) is 29.8 Å². The van der Waals surface area contributed by atoms with E-state index in [-0.39, 0.29) is 42.2 Å². The standard InChI is InChI=1S/C20H18F3N3O3S/c21-20(22,23)29-13-6-2-1-4-11(13)10-24-16(27)9-8-15-25-18(28)17-12-5-3-7-14(12)30-19(17)26-15/h1-2,4,6H,3,5,7-10H2,(H,24,27)(H,25,26,28). The average molecular weight is 437 g/mol. The Morgan fingerprint density at radius 2 is 2.07 bits per heavy atom. The lowest BCUT2D eigenvalue weighted by atomic mass is 10.2. The second-order valence-electron chi connectivity index (χ2n) is 6.98. The number of carbonyl (C=O) groups is 1. The van der Waals surface area contributed by atoms with Gasteiger partial charge in [-0.05, 0) is 30.9 Å². The first kappa shape index (κ1) is 20.4. The summed E-state index contributed by atoms with van der Waals surface area (Å²) in [6.07, 6.45) is -1.63. The fourth-order valence-electron chi connectivity index (χ4n) is 3.55. The minimum atomic E-state index is -4.81. The fraction of sp³-hybridized carbons (Fsp3) is 0.350. The molecule has 10 heteroatoms. The number of alkyl halides is 3. The lowest BCUT2D eigenvalue weighted by Crippen LogP contribution is -2.25. The predicted octanol–water partition coefficient (Wildman–Crippen LogP) is 3.62. The van der Waals surface area contributed by atoms with Crippen molar-refractivity contribution in [2.45, 2.75) is 45.0 Å². The van der Waals surface area contributed by atoms with Crippen LogP contribution in [0, 0.1) is 0 Å². The number of aromatic nitrogens is 2. The summed E-state index contributed by atoms with van der Waals surface area (Å²) in [6.45, 7) is -0.105. The molecule has 2 aromatic heterocycles. The molecule has 1 aliphatic carbocycles. The third kappa shape index (κ3) is 4.48. The van der Waals surface area contributed by atoms with Gasteiger partial charge in [-0.3, -0.25) is 9.59 Å². The van der Waals surface area contributed by atoms with Gasteiger partial charge in [-0.15, -0.1) is 24.5 Å². The quantitative estimate of drug-likeness (QED) is 0.617. The van der Waals surface area contributed by atoms with Crippen LogP contribution in [-0.4, -0.2) is 22.2 Å². The lowest BCUT2D eigenvalue weighted by Gasteiger charge is -2.13. The lowest BCUT2D eigenvalue weighted by molar-refractivity contribution is -0.274. The summed E-state index contributed by atoms with van der Waals surface area (Å²) in [5.41, 5.74) is 1.12. The molecule has 4 rings (SSSR count). The van der Waals surface area contributed by atoms with E-state index >= 15 is 0 Å². The van der Waals surface area contributed by atoms with Gasteiger partial charge in [0.05, 0.1) is 5.39 Å². The Labute approximate surface area is 173 Å². The highest BCUT2D eigenvalue weighted by atomic mass is 32.1. The van der Waals surface area contributed by atoms with E-state index in [4.69, 9.17) is 0 Å². The summed E-state index contributed by atoms with van der Waals surface area (Å²) < 4.78 is 41.4. The minimum absolute atomic E-state index is 0.0435. The van der Waals surface area contributed by atoms with Gasteiger partial charge in [0.1, 0.15) is 16.4 Å². The summed E-state index contributed by atoms with van der Waals surface area (Å²) >= 11 is 1.53. The zero-order chi connectivity index (χ0) is 21.3. The molecule has 0 aliphatic heterocycles. The van der Waals surface area contributed by atoms with Crippen LogP contribution in [-0.2, 0) is 30.6 Å². The van der Waals surface area contributed by atoms with E-state index < -0.39 is 6.36 Å². The van der Waals surface area contributed by atoms with Crippen LogP contribution in [0.4, 0.5) is 13.2 Å². The molecule has 1 aliphatic rings. The summed E-state index contributed by atoms with van der Waals surface area (Å²) in [7, 11) is 0. The molecule has 0 atom stereocenters. The van der Waals surface area contributed by atoms with Crippen molar-refractivity contribution in [1.82, 2.24) is 15.3 Å². The Kier molecular flexibility index (Phi) is 5.50. The van der Waals surface area contributed by atoms with E-state index in [9.17, 15) is 22.8 Å². The van der Waals surface area contributed by atoms with Gasteiger partial charge in [0.25, 0.3) is 5.56 Å². The highest BCUT2D eigenvalue weighted by molar-refractivity contribution is 7.18. The predicted molar refractivity (Wildman–Crippen MR) is 106 cm³/mol. The normalized spacial score (nSPS) is 13.4. The molecule has 0 fully saturated rings. The Morgan fingerprint density at radius 3 is 2.87 bits per heavy atom. The number of amides is 1. The molecular formula is C20H18F3N3O3S. The molecule has 6 nitrogen and oxygen atoms in total. The number of hydrogen-bond donors (Lipinski definition) is 2. The highest BCUT2D eigenvalue weighted by Crippen LogP contribution is 2.34. The minimum Gasteiger partial charge on any atom is -0.405 e. The molecule has 0 spiro atoms. The molecular weight excluding hydrogens is 419 g/mol. The van der Waals surface area contributed by atoms with E-state index in [1.165, 1.54) is 34.4 Å². The van der Waals surface area contributed by atoms with Crippen LogP contribution in [0.1, 0.15) is 34.7 Å². The molecule has 2 heterocycles. The topological polar surface area (TPSA) is 84.1 Å². The van der Waals surface area contributed by atoms with Crippen LogP contribution >= 0.6 is 11.3 Å². The maximum absolute atomic E-state index is 12.5. The molecule has 1 amide bonds. The van der Waals surface area contributed by atoms with Crippen molar-refractivity contribution in [3.8, 4) is 5.75 Å². The van der Waals surface area contributed by atoms with Crippen LogP contribution in [0.2, 0.25) is 0 Å². The van der Waals surface area contributed by atoms with Crippen LogP contribution < -0.4 is 15.6 Å². The molecule has 0 unspecified atom stereocenters. The van der Waals surface area contributed by atoms with Gasteiger partial charge in [-0.25, -0.2) is 4.98 Å². The maximum atomic E-state index is 12.5. The summed E-state index contributed by atoms with van der Waals surface area (Å²) in [4.78, 5) is 33.7. The molecule has 1 aromatic carbocycles. The number of halogens is 3. The smallest absolute Gasteiger partial charge is 0.405 e. The molecule has 0 saturated carbocycles. The number of rotatable bonds is 6. The third-order valence-electron chi connectivity index (χ3n) is 4.89. The zero-order valence-electron chi connectivity index (χ0n) is 15.8. The van der Waals surface area contributed by atoms with Crippen molar-refractivity contribution in [2.75, 3.05) is 0 Å². The van der Waals surface area contributed by atoms with Crippen molar-refractivity contribution in [1.29, 1.82) is 0 Å². The SMILES string of the molecule is O=C(CCc1nc2sc3c(c2c(=O)[nH]1)CCC3)NCc1ccccc1OC(F)(F)F. The number of carbonyl (C=O) groups excluding carboxylic acids is 1. The monoisotopic (exact) mass is 437 g/mol. The second-order valence-corrected chi connectivity index (χ2v) is 8.07. The van der Waals surface area contributed by atoms with Gasteiger partial charge in [-0.2, -0.15) is 0 Å². The largest absolute Gasteiger partial charge is 0.573 e. The van der Waals surface area contributed by atoms with E-state index in [1.807, 2.05) is 0 Å². The molecule has 3 aromatic rings. The molecule has 2 N–H and O–H groups in total. The number of aromatic amines is 1. The summed E-state index contributed by atoms with van der Waals surface area (Å²) in [6, 6.07) is 5.62. The van der Waals surface area contributed by atoms with Crippen molar-refractivity contribution in [3.05, 3.63) is 56.4 Å². The van der Waals surface area contributed by atoms with Crippen LogP contribution in [0.15, 0.2) is 29.1 Å². The Bertz CT molecular complexity index is 1150. The molecule has 0 radical (unpaired) electrons. The number of para-hydroxylation sites is 1. The molecule has 158 valence electrons. The number of H-pyrrole nitrogens is 1. The number of nitrogens with zero attached hydrogens (tertiary/aromatic N) is 1. The van der Waals surface area contributed by atoms with Crippen molar-refractivity contribution in [2.24, 2.45) is 0 Å². The van der Waals surface area contributed by atoms with Crippen molar-refractivity contribution >= 4 is 27.5 Å². The van der Waals surface area contributed by atoms with Crippen molar-refractivity contribution < 1.29 is 22.7 Å². The number of hydrogen-bond acceptors (Lipinski definition) is 5.